The number of hydrogen-bond donors (Lipinski definition) is 3. The van der Waals surface area contributed by atoms with Crippen LogP contribution in [0.3, 0.4) is 0 Å². The zero-order valence-electron chi connectivity index (χ0n) is 9.46. The molecule has 5 nitrogen and oxygen atoms in total. The van der Waals surface area contributed by atoms with Gasteiger partial charge in [0.25, 0.3) is 0 Å². The summed E-state index contributed by atoms with van der Waals surface area (Å²) in [4.78, 5) is 0. The molecule has 0 fully saturated rings. The van der Waals surface area contributed by atoms with Crippen LogP contribution in [0.5, 0.6) is 0 Å². The van der Waals surface area contributed by atoms with E-state index < -0.39 is 13.8 Å². The molecule has 1 atom stereocenters. The van der Waals surface area contributed by atoms with Crippen LogP contribution >= 0.6 is 0 Å². The Hall–Kier alpha value is -0.273. The molecule has 0 amide bonds. The van der Waals surface area contributed by atoms with Gasteiger partial charge >= 0.3 is 8.56 Å². The molecular weight excluding hydrogens is 200 g/mol. The summed E-state index contributed by atoms with van der Waals surface area (Å²) in [7, 11) is 0.516. The summed E-state index contributed by atoms with van der Waals surface area (Å²) in [5.41, 5.74) is 0. The van der Waals surface area contributed by atoms with Crippen molar-refractivity contribution in [3.63, 3.8) is 0 Å². The molecule has 0 aromatic carbocycles. The van der Waals surface area contributed by atoms with E-state index in [9.17, 15) is 5.11 Å². The molecule has 0 aromatic heterocycles. The molecule has 0 saturated heterocycles. The minimum Gasteiger partial charge on any atom is -0.396 e. The highest BCUT2D eigenvalue weighted by atomic mass is 28.4. The van der Waals surface area contributed by atoms with Gasteiger partial charge in [0.2, 0.25) is 0 Å². The average molecular weight is 222 g/mol. The van der Waals surface area contributed by atoms with Crippen molar-refractivity contribution in [2.24, 2.45) is 0 Å². The number of rotatable bonds is 6. The van der Waals surface area contributed by atoms with Gasteiger partial charge in [-0.3, -0.25) is 0 Å². The van der Waals surface area contributed by atoms with E-state index in [4.69, 9.17) is 14.3 Å². The zero-order valence-corrected chi connectivity index (χ0v) is 10.5. The van der Waals surface area contributed by atoms with Crippen LogP contribution in [0.4, 0.5) is 0 Å². The molecule has 6 heteroatoms. The predicted molar refractivity (Wildman–Crippen MR) is 59.3 cm³/mol. The number of nitrogens with one attached hydrogen (secondary N) is 1. The molecule has 0 aromatic rings. The Kier molecular flexibility index (Phi) is 7.22. The zero-order chi connectivity index (χ0) is 10.5. The summed E-state index contributed by atoms with van der Waals surface area (Å²) in [6, 6.07) is 0. The van der Waals surface area contributed by atoms with Crippen molar-refractivity contribution >= 4 is 14.8 Å². The minimum absolute atomic E-state index is 0. The molecule has 0 aliphatic carbocycles. The Morgan fingerprint density at radius 2 is 1.86 bits per heavy atom. The van der Waals surface area contributed by atoms with E-state index in [0.717, 1.165) is 0 Å². The van der Waals surface area contributed by atoms with Crippen molar-refractivity contribution < 1.29 is 14.0 Å². The lowest BCUT2D eigenvalue weighted by Crippen LogP contribution is -2.59. The Morgan fingerprint density at radius 3 is 2.07 bits per heavy atom. The van der Waals surface area contributed by atoms with Gasteiger partial charge in [0, 0.05) is 20.6 Å². The lowest BCUT2D eigenvalue weighted by atomic mass is 10.2. The molecule has 0 bridgehead atoms. The summed E-state index contributed by atoms with van der Waals surface area (Å²) in [6.07, 6.45) is 2.02. The molecule has 0 aliphatic heterocycles. The fraction of sp³-hybridized carbons (Fsp3) is 0.875. The van der Waals surface area contributed by atoms with Gasteiger partial charge < -0.3 is 25.5 Å². The first-order valence-electron chi connectivity index (χ1n) is 4.31. The summed E-state index contributed by atoms with van der Waals surface area (Å²) in [5, 5.41) is 16.2. The quantitative estimate of drug-likeness (QED) is 0.465. The third-order valence-corrected chi connectivity index (χ3v) is 6.46. The molecular formula is C8H22N2O3Si. The first-order valence-corrected chi connectivity index (χ1v) is 6.63. The van der Waals surface area contributed by atoms with E-state index in [0.29, 0.717) is 6.42 Å². The highest BCUT2D eigenvalue weighted by Gasteiger charge is 2.50. The van der Waals surface area contributed by atoms with Gasteiger partial charge in [0.1, 0.15) is 5.22 Å². The van der Waals surface area contributed by atoms with Gasteiger partial charge in [-0.2, -0.15) is 0 Å². The minimum atomic E-state index is -2.57. The van der Waals surface area contributed by atoms with Crippen molar-refractivity contribution in [3.8, 4) is 0 Å². The fourth-order valence-corrected chi connectivity index (χ4v) is 3.32. The lowest BCUT2D eigenvalue weighted by molar-refractivity contribution is 0.0557. The van der Waals surface area contributed by atoms with Crippen LogP contribution in [-0.2, 0) is 8.85 Å². The van der Waals surface area contributed by atoms with Crippen LogP contribution in [0.15, 0.2) is 0 Å². The van der Waals surface area contributed by atoms with Gasteiger partial charge in [-0.1, -0.05) is 6.92 Å². The maximum Gasteiger partial charge on any atom is 0.367 e. The first kappa shape index (κ1) is 16.2. The molecule has 86 valence electrons. The smallest absolute Gasteiger partial charge is 0.367 e. The molecule has 0 radical (unpaired) electrons. The van der Waals surface area contributed by atoms with E-state index in [1.165, 1.54) is 6.21 Å². The van der Waals surface area contributed by atoms with Crippen LogP contribution in [0.1, 0.15) is 19.8 Å². The van der Waals surface area contributed by atoms with Crippen molar-refractivity contribution in [2.75, 3.05) is 14.2 Å². The van der Waals surface area contributed by atoms with E-state index in [1.54, 1.807) is 20.8 Å². The van der Waals surface area contributed by atoms with Crippen molar-refractivity contribution in [1.29, 1.82) is 5.41 Å². The van der Waals surface area contributed by atoms with Gasteiger partial charge in [-0.05, 0) is 19.2 Å². The Labute approximate surface area is 86.8 Å². The molecule has 0 heterocycles. The van der Waals surface area contributed by atoms with E-state index in [1.807, 2.05) is 6.92 Å². The molecule has 0 aliphatic rings. The predicted octanol–water partition coefficient (Wildman–Crippen LogP) is 1.23. The highest BCUT2D eigenvalue weighted by Crippen LogP contribution is 2.27. The maximum absolute atomic E-state index is 10.2. The molecule has 1 unspecified atom stereocenters. The Balaban J connectivity index is 0. The summed E-state index contributed by atoms with van der Waals surface area (Å²) in [6.45, 7) is 3.67. The third-order valence-electron chi connectivity index (χ3n) is 2.65. The van der Waals surface area contributed by atoms with Crippen molar-refractivity contribution in [1.82, 2.24) is 6.15 Å². The third kappa shape index (κ3) is 2.86. The van der Waals surface area contributed by atoms with Crippen LogP contribution in [0, 0.1) is 5.41 Å². The first-order chi connectivity index (χ1) is 5.99. The fourth-order valence-electron chi connectivity index (χ4n) is 1.28. The Bertz CT molecular complexity index is 176. The van der Waals surface area contributed by atoms with Crippen LogP contribution in [-0.4, -0.2) is 39.3 Å². The number of aliphatic hydroxyl groups is 1. The monoisotopic (exact) mass is 222 g/mol. The highest BCUT2D eigenvalue weighted by molar-refractivity contribution is 6.69. The normalized spacial score (nSPS) is 15.5. The van der Waals surface area contributed by atoms with E-state index in [2.05, 4.69) is 0 Å². The maximum atomic E-state index is 10.2. The second kappa shape index (κ2) is 6.26. The summed E-state index contributed by atoms with van der Waals surface area (Å²) < 4.78 is 10.5. The van der Waals surface area contributed by atoms with E-state index >= 15 is 0 Å². The number of hydrogen-bond acceptors (Lipinski definition) is 5. The van der Waals surface area contributed by atoms with Gasteiger partial charge in [0.05, 0.1) is 0 Å². The average Bonchev–Trinajstić information content (AvgIpc) is 2.16. The topological polar surface area (TPSA) is 97.5 Å². The van der Waals surface area contributed by atoms with Crippen molar-refractivity contribution in [3.05, 3.63) is 0 Å². The van der Waals surface area contributed by atoms with Crippen LogP contribution in [0.2, 0.25) is 6.55 Å². The molecule has 14 heavy (non-hydrogen) atoms. The molecule has 0 spiro atoms. The van der Waals surface area contributed by atoms with Gasteiger partial charge in [-0.15, -0.1) is 0 Å². The van der Waals surface area contributed by atoms with E-state index in [-0.39, 0.29) is 12.6 Å². The van der Waals surface area contributed by atoms with Crippen LogP contribution < -0.4 is 6.15 Å². The summed E-state index contributed by atoms with van der Waals surface area (Å²) in [5.74, 6) is 0. The molecule has 0 rings (SSSR count). The molecule has 5 N–H and O–H groups in total. The Morgan fingerprint density at radius 1 is 1.43 bits per heavy atom. The van der Waals surface area contributed by atoms with Crippen molar-refractivity contribution in [2.45, 2.75) is 31.5 Å². The molecule has 0 saturated carbocycles. The standard InChI is InChI=1S/C8H19NO3Si.H3N/c1-5-8(10,6-7-9)13(4,11-2)12-3;/h7,9-10H,5-6H2,1-4H3;1H3. The second-order valence-corrected chi connectivity index (χ2v) is 6.79. The largest absolute Gasteiger partial charge is 0.396 e. The summed E-state index contributed by atoms with van der Waals surface area (Å²) >= 11 is 0. The SMILES string of the molecule is CCC(O)(CC=N)[Si](C)(OC)OC.N. The van der Waals surface area contributed by atoms with Gasteiger partial charge in [0.15, 0.2) is 0 Å². The lowest BCUT2D eigenvalue weighted by Gasteiger charge is -2.38. The van der Waals surface area contributed by atoms with Gasteiger partial charge in [-0.25, -0.2) is 0 Å². The van der Waals surface area contributed by atoms with Crippen LogP contribution in [0.25, 0.3) is 0 Å². The second-order valence-electron chi connectivity index (χ2n) is 3.15.